The molecule has 11 heteroatoms. The van der Waals surface area contributed by atoms with Gasteiger partial charge in [-0.1, -0.05) is 12.1 Å². The average Bonchev–Trinajstić information content (AvgIpc) is 3.65. The van der Waals surface area contributed by atoms with Crippen molar-refractivity contribution in [1.29, 1.82) is 0 Å². The average molecular weight is 539 g/mol. The molecule has 3 atom stereocenters. The zero-order valence-corrected chi connectivity index (χ0v) is 21.0. The van der Waals surface area contributed by atoms with Crippen molar-refractivity contribution in [1.82, 2.24) is 9.21 Å². The highest BCUT2D eigenvalue weighted by Crippen LogP contribution is 2.52. The van der Waals surface area contributed by atoms with Crippen molar-refractivity contribution in [3.8, 4) is 0 Å². The maximum Gasteiger partial charge on any atom is 0.410 e. The third-order valence-corrected chi connectivity index (χ3v) is 9.48. The molecule has 1 saturated carbocycles. The van der Waals surface area contributed by atoms with E-state index in [4.69, 9.17) is 4.74 Å². The molecular formula is C26H29F3N2O5S. The van der Waals surface area contributed by atoms with Gasteiger partial charge in [0.25, 0.3) is 0 Å². The third kappa shape index (κ3) is 5.08. The van der Waals surface area contributed by atoms with E-state index >= 15 is 0 Å². The zero-order valence-electron chi connectivity index (χ0n) is 20.2. The van der Waals surface area contributed by atoms with Crippen molar-refractivity contribution in [3.05, 3.63) is 65.5 Å². The van der Waals surface area contributed by atoms with E-state index in [1.54, 1.807) is 6.07 Å². The van der Waals surface area contributed by atoms with E-state index in [1.165, 1.54) is 27.4 Å². The van der Waals surface area contributed by atoms with Crippen LogP contribution in [0.4, 0.5) is 18.0 Å². The molecule has 3 fully saturated rings. The fourth-order valence-electron chi connectivity index (χ4n) is 5.58. The minimum Gasteiger partial charge on any atom is -0.441 e. The molecule has 1 unspecified atom stereocenters. The predicted molar refractivity (Wildman–Crippen MR) is 127 cm³/mol. The Bertz CT molecular complexity index is 1290. The van der Waals surface area contributed by atoms with E-state index in [0.29, 0.717) is 63.1 Å². The lowest BCUT2D eigenvalue weighted by molar-refractivity contribution is -0.0194. The number of halogens is 3. The molecular weight excluding hydrogens is 509 g/mol. The molecule has 1 aliphatic carbocycles. The molecule has 37 heavy (non-hydrogen) atoms. The van der Waals surface area contributed by atoms with E-state index < -0.39 is 62.3 Å². The Hall–Kier alpha value is -2.63. The van der Waals surface area contributed by atoms with Crippen LogP contribution >= 0.6 is 0 Å². The maximum atomic E-state index is 14.2. The number of amides is 1. The molecule has 200 valence electrons. The number of rotatable bonds is 5. The van der Waals surface area contributed by atoms with Crippen molar-refractivity contribution in [3.63, 3.8) is 0 Å². The molecule has 2 heterocycles. The fraction of sp³-hybridized carbons (Fsp3) is 0.500. The van der Waals surface area contributed by atoms with E-state index in [9.17, 15) is 31.5 Å². The number of hydrogen-bond acceptors (Lipinski definition) is 5. The van der Waals surface area contributed by atoms with Gasteiger partial charge >= 0.3 is 6.09 Å². The Morgan fingerprint density at radius 1 is 1.00 bits per heavy atom. The van der Waals surface area contributed by atoms with Gasteiger partial charge < -0.3 is 14.7 Å². The normalized spacial score (nSPS) is 26.1. The van der Waals surface area contributed by atoms with Crippen LogP contribution in [0.2, 0.25) is 0 Å². The molecule has 0 aromatic heterocycles. The van der Waals surface area contributed by atoms with Crippen molar-refractivity contribution in [2.75, 3.05) is 13.1 Å². The van der Waals surface area contributed by atoms with Crippen molar-refractivity contribution < 1.29 is 36.2 Å². The summed E-state index contributed by atoms with van der Waals surface area (Å²) in [5.74, 6) is -3.00. The van der Waals surface area contributed by atoms with Gasteiger partial charge in [0.2, 0.25) is 10.0 Å². The van der Waals surface area contributed by atoms with Crippen LogP contribution in [0.15, 0.2) is 47.4 Å². The number of aliphatic hydroxyl groups excluding tert-OH is 1. The summed E-state index contributed by atoms with van der Waals surface area (Å²) in [7, 11) is -4.41. The fourth-order valence-corrected chi connectivity index (χ4v) is 7.51. The molecule has 0 spiro atoms. The number of carbonyl (C=O) groups excluding carboxylic acids is 1. The monoisotopic (exact) mass is 538 g/mol. The lowest BCUT2D eigenvalue weighted by atomic mass is 9.90. The molecule has 3 aliphatic rings. The third-order valence-electron chi connectivity index (χ3n) is 7.56. The SMILES string of the molecule is O=C(OC1([C@H]2CCC[C@@H](c3cccc(F)c3)N2S(=O)(=O)c2ccc(F)c(F)c2)CC1)N1CCCC(O)C1. The summed E-state index contributed by atoms with van der Waals surface area (Å²) in [6.07, 6.45) is 2.17. The second-order valence-corrected chi connectivity index (χ2v) is 11.9. The molecule has 0 radical (unpaired) electrons. The molecule has 2 aliphatic heterocycles. The molecule has 1 N–H and O–H groups in total. The predicted octanol–water partition coefficient (Wildman–Crippen LogP) is 4.51. The Morgan fingerprint density at radius 2 is 1.78 bits per heavy atom. The molecule has 2 saturated heterocycles. The van der Waals surface area contributed by atoms with Gasteiger partial charge in [0.15, 0.2) is 11.6 Å². The number of aliphatic hydroxyl groups is 1. The maximum absolute atomic E-state index is 14.2. The van der Waals surface area contributed by atoms with E-state index in [0.717, 1.165) is 12.1 Å². The number of likely N-dealkylation sites (tertiary alicyclic amines) is 1. The molecule has 2 aromatic carbocycles. The number of carbonyl (C=O) groups is 1. The highest BCUT2D eigenvalue weighted by Gasteiger charge is 2.60. The summed E-state index contributed by atoms with van der Waals surface area (Å²) in [6.45, 7) is 0.571. The van der Waals surface area contributed by atoms with Gasteiger partial charge in [-0.15, -0.1) is 0 Å². The summed E-state index contributed by atoms with van der Waals surface area (Å²) < 4.78 is 77.0. The Kier molecular flexibility index (Phi) is 6.97. The van der Waals surface area contributed by atoms with Crippen LogP contribution in [0.1, 0.15) is 56.6 Å². The number of hydrogen-bond donors (Lipinski definition) is 1. The standard InChI is InChI=1S/C26H29F3N2O5S/c27-18-5-1-4-17(14-18)23-7-2-8-24(31(23)37(34,35)20-9-10-21(28)22(29)15-20)26(11-12-26)36-25(33)30-13-3-6-19(32)16-30/h1,4-5,9-10,14-15,19,23-24,32H,2-3,6-8,11-13,16H2/t19?,23-,24+/m0/s1. The lowest BCUT2D eigenvalue weighted by Crippen LogP contribution is -2.54. The Balaban J connectivity index is 1.53. The summed E-state index contributed by atoms with van der Waals surface area (Å²) in [6, 6.07) is 6.47. The number of sulfonamides is 1. The van der Waals surface area contributed by atoms with Crippen LogP contribution in [0.3, 0.4) is 0 Å². The van der Waals surface area contributed by atoms with Gasteiger partial charge in [0.1, 0.15) is 11.4 Å². The van der Waals surface area contributed by atoms with Gasteiger partial charge in [-0.25, -0.2) is 26.4 Å². The van der Waals surface area contributed by atoms with Crippen LogP contribution < -0.4 is 0 Å². The second-order valence-electron chi connectivity index (χ2n) is 10.1. The van der Waals surface area contributed by atoms with Crippen molar-refractivity contribution in [2.45, 2.75) is 73.6 Å². The first kappa shape index (κ1) is 26.0. The number of nitrogens with zero attached hydrogens (tertiary/aromatic N) is 2. The van der Waals surface area contributed by atoms with Crippen LogP contribution in [-0.4, -0.2) is 59.7 Å². The van der Waals surface area contributed by atoms with E-state index in [-0.39, 0.29) is 6.54 Å². The molecule has 1 amide bonds. The van der Waals surface area contributed by atoms with Crippen molar-refractivity contribution >= 4 is 16.1 Å². The Morgan fingerprint density at radius 3 is 2.46 bits per heavy atom. The number of β-amino-alcohol motifs (C(OH)–C–C–N with tert-alkyl or cyclic N) is 1. The topological polar surface area (TPSA) is 87.2 Å². The lowest BCUT2D eigenvalue weighted by Gasteiger charge is -2.45. The van der Waals surface area contributed by atoms with Crippen LogP contribution in [0.5, 0.6) is 0 Å². The Labute approximate surface area is 213 Å². The van der Waals surface area contributed by atoms with E-state index in [1.807, 2.05) is 0 Å². The van der Waals surface area contributed by atoms with Gasteiger partial charge in [0, 0.05) is 13.1 Å². The van der Waals surface area contributed by atoms with Crippen LogP contribution in [0.25, 0.3) is 0 Å². The number of benzene rings is 2. The second kappa shape index (κ2) is 9.92. The molecule has 7 nitrogen and oxygen atoms in total. The van der Waals surface area contributed by atoms with Crippen LogP contribution in [-0.2, 0) is 14.8 Å². The molecule has 2 aromatic rings. The first-order chi connectivity index (χ1) is 17.6. The quantitative estimate of drug-likeness (QED) is 0.605. The van der Waals surface area contributed by atoms with Gasteiger partial charge in [-0.05, 0) is 80.8 Å². The number of piperidine rings is 2. The highest BCUT2D eigenvalue weighted by molar-refractivity contribution is 7.89. The highest BCUT2D eigenvalue weighted by atomic mass is 32.2. The van der Waals surface area contributed by atoms with Gasteiger partial charge in [0.05, 0.1) is 23.1 Å². The first-order valence-corrected chi connectivity index (χ1v) is 13.9. The summed E-state index contributed by atoms with van der Waals surface area (Å²) in [4.78, 5) is 14.0. The molecule has 0 bridgehead atoms. The van der Waals surface area contributed by atoms with E-state index in [2.05, 4.69) is 0 Å². The first-order valence-electron chi connectivity index (χ1n) is 12.5. The summed E-state index contributed by atoms with van der Waals surface area (Å²) in [5.41, 5.74) is -0.672. The van der Waals surface area contributed by atoms with Crippen molar-refractivity contribution in [2.24, 2.45) is 0 Å². The smallest absolute Gasteiger partial charge is 0.410 e. The van der Waals surface area contributed by atoms with Gasteiger partial charge in [-0.3, -0.25) is 0 Å². The summed E-state index contributed by atoms with van der Waals surface area (Å²) >= 11 is 0. The zero-order chi connectivity index (χ0) is 26.4. The minimum atomic E-state index is -4.41. The van der Waals surface area contributed by atoms with Crippen LogP contribution in [0, 0.1) is 17.5 Å². The van der Waals surface area contributed by atoms with Gasteiger partial charge in [-0.2, -0.15) is 4.31 Å². The largest absolute Gasteiger partial charge is 0.441 e. The summed E-state index contributed by atoms with van der Waals surface area (Å²) in [5, 5.41) is 9.97. The molecule has 5 rings (SSSR count). The minimum absolute atomic E-state index is 0.141. The number of ether oxygens (including phenoxy) is 1.